The van der Waals surface area contributed by atoms with Gasteiger partial charge in [-0.05, 0) is 11.1 Å². The number of anilines is 1. The van der Waals surface area contributed by atoms with Crippen LogP contribution in [0.5, 0.6) is 11.5 Å². The molecule has 1 amide bonds. The van der Waals surface area contributed by atoms with Crippen molar-refractivity contribution >= 4 is 23.2 Å². The van der Waals surface area contributed by atoms with Gasteiger partial charge in [-0.1, -0.05) is 72.3 Å². The number of halogens is 1. The van der Waals surface area contributed by atoms with E-state index in [-0.39, 0.29) is 5.57 Å². The summed E-state index contributed by atoms with van der Waals surface area (Å²) in [6, 6.07) is 23.9. The number of amides is 1. The lowest BCUT2D eigenvalue weighted by molar-refractivity contribution is -0.117. The van der Waals surface area contributed by atoms with E-state index in [1.165, 1.54) is 20.4 Å². The highest BCUT2D eigenvalue weighted by Crippen LogP contribution is 2.36. The van der Waals surface area contributed by atoms with Crippen LogP contribution in [-0.2, 0) is 4.79 Å². The summed E-state index contributed by atoms with van der Waals surface area (Å²) in [5, 5.41) is 15.9. The molecule has 0 spiro atoms. The SMILES string of the molecule is COc1cc(N/C=C(/C#N)C(=O)NC(c2ccccc2)c2ccccc2)c(OC)cc1Cl. The first kappa shape index (κ1) is 22.7. The van der Waals surface area contributed by atoms with Crippen molar-refractivity contribution in [2.45, 2.75) is 6.04 Å². The van der Waals surface area contributed by atoms with Gasteiger partial charge in [-0.25, -0.2) is 0 Å². The Hall–Kier alpha value is -3.95. The zero-order chi connectivity index (χ0) is 22.9. The van der Waals surface area contributed by atoms with Gasteiger partial charge in [0.05, 0.1) is 31.0 Å². The van der Waals surface area contributed by atoms with E-state index in [0.29, 0.717) is 22.2 Å². The number of nitrogens with one attached hydrogen (secondary N) is 2. The molecule has 2 N–H and O–H groups in total. The van der Waals surface area contributed by atoms with Gasteiger partial charge in [0, 0.05) is 18.3 Å². The Morgan fingerprint density at radius 3 is 2.03 bits per heavy atom. The lowest BCUT2D eigenvalue weighted by atomic mass is 9.98. The van der Waals surface area contributed by atoms with E-state index in [4.69, 9.17) is 21.1 Å². The second kappa shape index (κ2) is 10.9. The van der Waals surface area contributed by atoms with Gasteiger partial charge in [0.1, 0.15) is 23.1 Å². The third-order valence-corrected chi connectivity index (χ3v) is 5.05. The van der Waals surface area contributed by atoms with Crippen molar-refractivity contribution in [1.29, 1.82) is 5.26 Å². The molecule has 0 radical (unpaired) electrons. The predicted octanol–water partition coefficient (Wildman–Crippen LogP) is 5.08. The Kier molecular flexibility index (Phi) is 7.74. The first-order valence-electron chi connectivity index (χ1n) is 9.76. The first-order valence-corrected chi connectivity index (χ1v) is 10.1. The second-order valence-corrected chi connectivity index (χ2v) is 7.14. The van der Waals surface area contributed by atoms with Crippen LogP contribution in [0, 0.1) is 11.3 Å². The molecule has 0 bridgehead atoms. The van der Waals surface area contributed by atoms with Gasteiger partial charge in [0.2, 0.25) is 0 Å². The number of nitriles is 1. The van der Waals surface area contributed by atoms with Crippen molar-refractivity contribution in [3.63, 3.8) is 0 Å². The smallest absolute Gasteiger partial charge is 0.264 e. The van der Waals surface area contributed by atoms with Crippen LogP contribution in [-0.4, -0.2) is 20.1 Å². The van der Waals surface area contributed by atoms with Gasteiger partial charge in [-0.2, -0.15) is 5.26 Å². The summed E-state index contributed by atoms with van der Waals surface area (Å²) in [4.78, 5) is 13.0. The number of nitrogens with zero attached hydrogens (tertiary/aromatic N) is 1. The summed E-state index contributed by atoms with van der Waals surface area (Å²) in [5.74, 6) is 0.355. The molecule has 0 fully saturated rings. The number of ether oxygens (including phenoxy) is 2. The number of carbonyl (C=O) groups excluding carboxylic acids is 1. The molecule has 6 nitrogen and oxygen atoms in total. The third kappa shape index (κ3) is 5.39. The molecule has 3 aromatic carbocycles. The largest absolute Gasteiger partial charge is 0.495 e. The van der Waals surface area contributed by atoms with Gasteiger partial charge in [-0.15, -0.1) is 0 Å². The van der Waals surface area contributed by atoms with Crippen molar-refractivity contribution in [3.05, 3.63) is 101 Å². The molecule has 0 saturated heterocycles. The molecule has 0 aromatic heterocycles. The summed E-state index contributed by atoms with van der Waals surface area (Å²) in [5.41, 5.74) is 2.21. The fourth-order valence-electron chi connectivity index (χ4n) is 3.13. The lowest BCUT2D eigenvalue weighted by Crippen LogP contribution is -2.30. The predicted molar refractivity (Wildman–Crippen MR) is 125 cm³/mol. The van der Waals surface area contributed by atoms with Crippen LogP contribution in [0.25, 0.3) is 0 Å². The fraction of sp³-hybridized carbons (Fsp3) is 0.120. The molecule has 162 valence electrons. The minimum absolute atomic E-state index is 0.0992. The van der Waals surface area contributed by atoms with Crippen molar-refractivity contribution in [3.8, 4) is 17.6 Å². The van der Waals surface area contributed by atoms with Gasteiger partial charge < -0.3 is 20.1 Å². The zero-order valence-electron chi connectivity index (χ0n) is 17.6. The van der Waals surface area contributed by atoms with Crippen LogP contribution in [0.15, 0.2) is 84.6 Å². The van der Waals surface area contributed by atoms with Crippen molar-refractivity contribution in [1.82, 2.24) is 5.32 Å². The highest BCUT2D eigenvalue weighted by Gasteiger charge is 2.19. The Morgan fingerprint density at radius 1 is 0.969 bits per heavy atom. The molecule has 3 aromatic rings. The maximum atomic E-state index is 13.0. The third-order valence-electron chi connectivity index (χ3n) is 4.75. The number of rotatable bonds is 8. The molecule has 0 saturated carbocycles. The standard InChI is InChI=1S/C25H22ClN3O3/c1-31-22-14-21(23(32-2)13-20(22)26)28-16-19(15-27)25(30)29-24(17-9-5-3-6-10-17)18-11-7-4-8-12-18/h3-14,16,24,28H,1-2H3,(H,29,30)/b19-16-. The summed E-state index contributed by atoms with van der Waals surface area (Å²) in [6.07, 6.45) is 1.33. The Bertz CT molecular complexity index is 1100. The molecule has 0 heterocycles. The molecule has 7 heteroatoms. The van der Waals surface area contributed by atoms with Crippen LogP contribution in [0.3, 0.4) is 0 Å². The second-order valence-electron chi connectivity index (χ2n) is 6.73. The van der Waals surface area contributed by atoms with E-state index >= 15 is 0 Å². The average Bonchev–Trinajstić information content (AvgIpc) is 2.84. The molecular weight excluding hydrogens is 426 g/mol. The van der Waals surface area contributed by atoms with E-state index in [2.05, 4.69) is 10.6 Å². The minimum Gasteiger partial charge on any atom is -0.495 e. The molecular formula is C25H22ClN3O3. The normalized spacial score (nSPS) is 10.9. The summed E-state index contributed by atoms with van der Waals surface area (Å²) in [7, 11) is 2.99. The van der Waals surface area contributed by atoms with Gasteiger partial charge in [-0.3, -0.25) is 4.79 Å². The maximum absolute atomic E-state index is 13.0. The van der Waals surface area contributed by atoms with Crippen molar-refractivity contribution in [2.24, 2.45) is 0 Å². The monoisotopic (exact) mass is 447 g/mol. The van der Waals surface area contributed by atoms with E-state index in [1.807, 2.05) is 66.7 Å². The van der Waals surface area contributed by atoms with Gasteiger partial charge >= 0.3 is 0 Å². The molecule has 0 aliphatic carbocycles. The molecule has 0 aliphatic heterocycles. The molecule has 32 heavy (non-hydrogen) atoms. The van der Waals surface area contributed by atoms with Crippen LogP contribution in [0.2, 0.25) is 5.02 Å². The van der Waals surface area contributed by atoms with E-state index in [1.54, 1.807) is 12.1 Å². The number of hydrogen-bond donors (Lipinski definition) is 2. The first-order chi connectivity index (χ1) is 15.6. The number of benzene rings is 3. The fourth-order valence-corrected chi connectivity index (χ4v) is 3.36. The molecule has 3 rings (SSSR count). The van der Waals surface area contributed by atoms with E-state index in [0.717, 1.165) is 11.1 Å². The number of carbonyl (C=O) groups is 1. The zero-order valence-corrected chi connectivity index (χ0v) is 18.4. The van der Waals surface area contributed by atoms with Crippen LogP contribution in [0.4, 0.5) is 5.69 Å². The quantitative estimate of drug-likeness (QED) is 0.371. The summed E-state index contributed by atoms with van der Waals surface area (Å²) in [6.45, 7) is 0. The molecule has 0 atom stereocenters. The average molecular weight is 448 g/mol. The molecule has 0 unspecified atom stereocenters. The van der Waals surface area contributed by atoms with E-state index in [9.17, 15) is 10.1 Å². The van der Waals surface area contributed by atoms with Crippen LogP contribution in [0.1, 0.15) is 17.2 Å². The molecule has 0 aliphatic rings. The van der Waals surface area contributed by atoms with Crippen molar-refractivity contribution < 1.29 is 14.3 Å². The lowest BCUT2D eigenvalue weighted by Gasteiger charge is -2.20. The van der Waals surface area contributed by atoms with E-state index < -0.39 is 11.9 Å². The summed E-state index contributed by atoms with van der Waals surface area (Å²) < 4.78 is 10.5. The Balaban J connectivity index is 1.86. The topological polar surface area (TPSA) is 83.4 Å². The maximum Gasteiger partial charge on any atom is 0.264 e. The van der Waals surface area contributed by atoms with Gasteiger partial charge in [0.15, 0.2) is 0 Å². The Labute approximate surface area is 192 Å². The van der Waals surface area contributed by atoms with Crippen LogP contribution >= 0.6 is 11.6 Å². The Morgan fingerprint density at radius 2 is 1.53 bits per heavy atom. The minimum atomic E-state index is -0.516. The van der Waals surface area contributed by atoms with Crippen molar-refractivity contribution in [2.75, 3.05) is 19.5 Å². The number of hydrogen-bond acceptors (Lipinski definition) is 5. The summed E-state index contributed by atoms with van der Waals surface area (Å²) >= 11 is 6.13. The number of methoxy groups -OCH3 is 2. The van der Waals surface area contributed by atoms with Crippen LogP contribution < -0.4 is 20.1 Å². The van der Waals surface area contributed by atoms with Gasteiger partial charge in [0.25, 0.3) is 5.91 Å². The highest BCUT2D eigenvalue weighted by molar-refractivity contribution is 6.32. The highest BCUT2D eigenvalue weighted by atomic mass is 35.5.